The number of hydrogen-bond donors (Lipinski definition) is 1. The van der Waals surface area contributed by atoms with E-state index < -0.39 is 17.8 Å². The molecule has 34 heavy (non-hydrogen) atoms. The molecule has 4 amide bonds. The maximum Gasteiger partial charge on any atom is 0.335 e. The number of unbranched alkanes of at least 4 members (excludes halogenated alkanes) is 5. The maximum absolute atomic E-state index is 13.3. The third-order valence-corrected chi connectivity index (χ3v) is 6.51. The predicted molar refractivity (Wildman–Crippen MR) is 138 cm³/mol. The number of anilines is 1. The lowest BCUT2D eigenvalue weighted by molar-refractivity contribution is -0.122. The van der Waals surface area contributed by atoms with E-state index in [0.717, 1.165) is 22.2 Å². The van der Waals surface area contributed by atoms with Crippen molar-refractivity contribution in [2.75, 3.05) is 11.5 Å². The first-order chi connectivity index (χ1) is 16.3. The van der Waals surface area contributed by atoms with Crippen molar-refractivity contribution in [2.45, 2.75) is 52.4 Å². The second-order valence-corrected chi connectivity index (χ2v) is 9.46. The summed E-state index contributed by atoms with van der Waals surface area (Å²) in [6.07, 6.45) is 8.32. The van der Waals surface area contributed by atoms with Crippen LogP contribution in [0.25, 0.3) is 6.08 Å². The van der Waals surface area contributed by atoms with E-state index in [0.29, 0.717) is 34.2 Å². The molecule has 1 heterocycles. The monoisotopic (exact) mass is 546 g/mol. The third kappa shape index (κ3) is 6.27. The molecule has 180 valence electrons. The van der Waals surface area contributed by atoms with E-state index in [2.05, 4.69) is 28.2 Å². The highest BCUT2D eigenvalue weighted by molar-refractivity contribution is 9.10. The molecule has 1 aliphatic rings. The zero-order valence-corrected chi connectivity index (χ0v) is 21.7. The Bertz CT molecular complexity index is 1120. The molecule has 0 bridgehead atoms. The van der Waals surface area contributed by atoms with Crippen molar-refractivity contribution >= 4 is 57.1 Å². The minimum atomic E-state index is -0.814. The van der Waals surface area contributed by atoms with Crippen LogP contribution in [0.5, 0.6) is 5.75 Å². The summed E-state index contributed by atoms with van der Waals surface area (Å²) in [6.45, 7) is 4.44. The number of rotatable bonds is 10. The molecule has 1 saturated heterocycles. The first-order valence-corrected chi connectivity index (χ1v) is 12.6. The number of urea groups is 1. The predicted octanol–water partition coefficient (Wildman–Crippen LogP) is 6.82. The topological polar surface area (TPSA) is 75.7 Å². The van der Waals surface area contributed by atoms with Crippen LogP contribution in [0.3, 0.4) is 0 Å². The van der Waals surface area contributed by atoms with Crippen molar-refractivity contribution in [1.29, 1.82) is 0 Å². The Labute approximate surface area is 213 Å². The van der Waals surface area contributed by atoms with Gasteiger partial charge in [-0.25, -0.2) is 9.69 Å². The largest absolute Gasteiger partial charge is 0.493 e. The van der Waals surface area contributed by atoms with Gasteiger partial charge >= 0.3 is 6.03 Å². The number of benzene rings is 2. The zero-order chi connectivity index (χ0) is 24.7. The molecule has 1 N–H and O–H groups in total. The molecular formula is C26H28BrClN2O4. The van der Waals surface area contributed by atoms with Crippen LogP contribution in [0, 0.1) is 6.92 Å². The average Bonchev–Trinajstić information content (AvgIpc) is 2.80. The summed E-state index contributed by atoms with van der Waals surface area (Å²) in [6, 6.07) is 9.52. The molecule has 0 saturated carbocycles. The first-order valence-electron chi connectivity index (χ1n) is 11.4. The fourth-order valence-electron chi connectivity index (χ4n) is 3.70. The smallest absolute Gasteiger partial charge is 0.335 e. The molecule has 2 aromatic carbocycles. The van der Waals surface area contributed by atoms with Gasteiger partial charge in [0.2, 0.25) is 0 Å². The summed E-state index contributed by atoms with van der Waals surface area (Å²) in [4.78, 5) is 39.4. The number of nitrogens with zero attached hydrogens (tertiary/aromatic N) is 1. The van der Waals surface area contributed by atoms with E-state index in [1.165, 1.54) is 31.8 Å². The molecule has 1 fully saturated rings. The highest BCUT2D eigenvalue weighted by Gasteiger charge is 2.37. The van der Waals surface area contributed by atoms with Crippen molar-refractivity contribution < 1.29 is 19.1 Å². The number of hydrogen-bond acceptors (Lipinski definition) is 4. The summed E-state index contributed by atoms with van der Waals surface area (Å²) in [5, 5.41) is 2.66. The minimum Gasteiger partial charge on any atom is -0.493 e. The zero-order valence-electron chi connectivity index (χ0n) is 19.3. The molecular weight excluding hydrogens is 520 g/mol. The van der Waals surface area contributed by atoms with Crippen molar-refractivity contribution in [2.24, 2.45) is 0 Å². The molecule has 2 aromatic rings. The Balaban J connectivity index is 1.84. The van der Waals surface area contributed by atoms with Gasteiger partial charge in [-0.1, -0.05) is 72.6 Å². The number of imide groups is 2. The number of amides is 4. The van der Waals surface area contributed by atoms with Gasteiger partial charge < -0.3 is 4.74 Å². The molecule has 0 aliphatic carbocycles. The quantitative estimate of drug-likeness (QED) is 0.201. The van der Waals surface area contributed by atoms with E-state index in [9.17, 15) is 14.4 Å². The number of carbonyl (C=O) groups is 3. The molecule has 3 rings (SSSR count). The number of barbiturate groups is 1. The van der Waals surface area contributed by atoms with Crippen molar-refractivity contribution in [3.63, 3.8) is 0 Å². The molecule has 0 spiro atoms. The minimum absolute atomic E-state index is 0.165. The van der Waals surface area contributed by atoms with Gasteiger partial charge in [-0.3, -0.25) is 14.9 Å². The molecule has 0 radical (unpaired) electrons. The maximum atomic E-state index is 13.3. The van der Waals surface area contributed by atoms with Gasteiger partial charge in [0.25, 0.3) is 11.8 Å². The second-order valence-electron chi connectivity index (χ2n) is 8.14. The van der Waals surface area contributed by atoms with Crippen LogP contribution in [0.15, 0.2) is 46.4 Å². The Hall–Kier alpha value is -2.64. The van der Waals surface area contributed by atoms with Gasteiger partial charge in [-0.05, 0) is 55.3 Å². The molecule has 6 nitrogen and oxygen atoms in total. The molecule has 0 aromatic heterocycles. The molecule has 8 heteroatoms. The SMILES string of the molecule is CCCCCCCCOc1ccc(Br)cc1/C=C1/C(=O)NC(=O)N(c2cccc(Cl)c2C)C1=O. The van der Waals surface area contributed by atoms with Crippen LogP contribution in [0.4, 0.5) is 10.5 Å². The third-order valence-electron chi connectivity index (χ3n) is 5.61. The Morgan fingerprint density at radius 1 is 1.06 bits per heavy atom. The van der Waals surface area contributed by atoms with Crippen LogP contribution in [0.1, 0.15) is 56.6 Å². The van der Waals surface area contributed by atoms with Gasteiger partial charge in [-0.2, -0.15) is 0 Å². The van der Waals surface area contributed by atoms with Gasteiger partial charge in [0.15, 0.2) is 0 Å². The van der Waals surface area contributed by atoms with Crippen LogP contribution >= 0.6 is 27.5 Å². The Morgan fingerprint density at radius 3 is 2.56 bits per heavy atom. The summed E-state index contributed by atoms with van der Waals surface area (Å²) in [5.41, 5.74) is 1.28. The summed E-state index contributed by atoms with van der Waals surface area (Å²) in [7, 11) is 0. The normalized spacial score (nSPS) is 15.1. The fraction of sp³-hybridized carbons (Fsp3) is 0.346. The van der Waals surface area contributed by atoms with E-state index in [4.69, 9.17) is 16.3 Å². The van der Waals surface area contributed by atoms with E-state index >= 15 is 0 Å². The van der Waals surface area contributed by atoms with E-state index in [1.807, 2.05) is 6.07 Å². The van der Waals surface area contributed by atoms with Crippen molar-refractivity contribution in [1.82, 2.24) is 5.32 Å². The number of nitrogens with one attached hydrogen (secondary N) is 1. The van der Waals surface area contributed by atoms with Gasteiger partial charge in [0, 0.05) is 15.1 Å². The number of ether oxygens (including phenoxy) is 1. The highest BCUT2D eigenvalue weighted by Crippen LogP contribution is 2.31. The lowest BCUT2D eigenvalue weighted by Gasteiger charge is -2.27. The average molecular weight is 548 g/mol. The lowest BCUT2D eigenvalue weighted by atomic mass is 10.0. The van der Waals surface area contributed by atoms with Crippen LogP contribution < -0.4 is 15.0 Å². The number of halogens is 2. The standard InChI is InChI=1S/C26H28BrClN2O4/c1-3-4-5-6-7-8-14-34-23-13-12-19(27)15-18(23)16-20-24(31)29-26(33)30(25(20)32)22-11-9-10-21(28)17(22)2/h9-13,15-16H,3-8,14H2,1-2H3,(H,29,31,33)/b20-16-. The Morgan fingerprint density at radius 2 is 1.79 bits per heavy atom. The van der Waals surface area contributed by atoms with Crippen molar-refractivity contribution in [3.05, 3.63) is 62.6 Å². The molecule has 1 aliphatic heterocycles. The van der Waals surface area contributed by atoms with Gasteiger partial charge in [0.1, 0.15) is 11.3 Å². The number of carbonyl (C=O) groups excluding carboxylic acids is 3. The van der Waals surface area contributed by atoms with Crippen molar-refractivity contribution in [3.8, 4) is 5.75 Å². The summed E-state index contributed by atoms with van der Waals surface area (Å²) in [5.74, 6) is -0.916. The molecule has 0 atom stereocenters. The highest BCUT2D eigenvalue weighted by atomic mass is 79.9. The summed E-state index contributed by atoms with van der Waals surface area (Å²) < 4.78 is 6.74. The Kier molecular flexibility index (Phi) is 9.30. The van der Waals surface area contributed by atoms with Crippen LogP contribution in [-0.4, -0.2) is 24.5 Å². The lowest BCUT2D eigenvalue weighted by Crippen LogP contribution is -2.54. The summed E-state index contributed by atoms with van der Waals surface area (Å²) >= 11 is 9.62. The fourth-order valence-corrected chi connectivity index (χ4v) is 4.25. The second kappa shape index (κ2) is 12.2. The molecule has 0 unspecified atom stereocenters. The van der Waals surface area contributed by atoms with E-state index in [-0.39, 0.29) is 5.57 Å². The van der Waals surface area contributed by atoms with Crippen LogP contribution in [0.2, 0.25) is 5.02 Å². The van der Waals surface area contributed by atoms with Gasteiger partial charge in [0.05, 0.1) is 12.3 Å². The van der Waals surface area contributed by atoms with E-state index in [1.54, 1.807) is 37.3 Å². The van der Waals surface area contributed by atoms with Crippen LogP contribution in [-0.2, 0) is 9.59 Å². The van der Waals surface area contributed by atoms with Gasteiger partial charge in [-0.15, -0.1) is 0 Å². The first kappa shape index (κ1) is 26.0.